The third kappa shape index (κ3) is 3.53. The molecule has 3 nitrogen and oxygen atoms in total. The van der Waals surface area contributed by atoms with Gasteiger partial charge in [0.1, 0.15) is 11.6 Å². The van der Waals surface area contributed by atoms with Crippen LogP contribution in [0.3, 0.4) is 0 Å². The Bertz CT molecular complexity index is 446. The Labute approximate surface area is 106 Å². The van der Waals surface area contributed by atoms with Gasteiger partial charge in [-0.15, -0.1) is 0 Å². The molecule has 18 heavy (non-hydrogen) atoms. The van der Waals surface area contributed by atoms with Crippen LogP contribution >= 0.6 is 0 Å². The molecule has 1 aromatic heterocycles. The van der Waals surface area contributed by atoms with Crippen molar-refractivity contribution >= 4 is 5.82 Å². The Kier molecular flexibility index (Phi) is 3.89. The van der Waals surface area contributed by atoms with Crippen LogP contribution in [0, 0.1) is 5.82 Å². The maximum Gasteiger partial charge on any atom is 0.123 e. The minimum atomic E-state index is -0.205. The first-order valence-electron chi connectivity index (χ1n) is 5.77. The third-order valence-electron chi connectivity index (χ3n) is 2.67. The van der Waals surface area contributed by atoms with Gasteiger partial charge in [0.15, 0.2) is 0 Å². The summed E-state index contributed by atoms with van der Waals surface area (Å²) in [5.41, 5.74) is 7.73. The Morgan fingerprint density at radius 2 is 1.67 bits per heavy atom. The highest BCUT2D eigenvalue weighted by molar-refractivity contribution is 5.29. The van der Waals surface area contributed by atoms with Crippen LogP contribution < -0.4 is 5.73 Å². The van der Waals surface area contributed by atoms with Crippen LogP contribution in [0.4, 0.5) is 10.2 Å². The molecule has 0 bridgehead atoms. The Hall–Kier alpha value is -1.94. The number of aromatic nitrogens is 1. The summed E-state index contributed by atoms with van der Waals surface area (Å²) in [6.07, 6.45) is 1.77. The fourth-order valence-corrected chi connectivity index (χ4v) is 1.80. The number of nitrogens with two attached hydrogens (primary N) is 1. The Morgan fingerprint density at radius 1 is 1.06 bits per heavy atom. The van der Waals surface area contributed by atoms with Gasteiger partial charge >= 0.3 is 0 Å². The van der Waals surface area contributed by atoms with Gasteiger partial charge in [-0.1, -0.05) is 18.2 Å². The number of nitrogens with zero attached hydrogens (tertiary/aromatic N) is 2. The summed E-state index contributed by atoms with van der Waals surface area (Å²) in [7, 11) is 2.01. The predicted molar refractivity (Wildman–Crippen MR) is 70.2 cm³/mol. The van der Waals surface area contributed by atoms with Gasteiger partial charge in [-0.3, -0.25) is 4.90 Å². The zero-order valence-corrected chi connectivity index (χ0v) is 10.3. The molecule has 2 rings (SSSR count). The minimum Gasteiger partial charge on any atom is -0.384 e. The van der Waals surface area contributed by atoms with Crippen molar-refractivity contribution in [1.29, 1.82) is 0 Å². The van der Waals surface area contributed by atoms with Crippen LogP contribution in [0.15, 0.2) is 42.6 Å². The van der Waals surface area contributed by atoms with Crippen LogP contribution in [0.1, 0.15) is 11.1 Å². The molecule has 0 atom stereocenters. The number of hydrogen-bond acceptors (Lipinski definition) is 3. The van der Waals surface area contributed by atoms with E-state index in [1.165, 1.54) is 12.1 Å². The van der Waals surface area contributed by atoms with Crippen LogP contribution in [0.5, 0.6) is 0 Å². The number of halogens is 1. The first kappa shape index (κ1) is 12.5. The van der Waals surface area contributed by atoms with Gasteiger partial charge in [0.05, 0.1) is 0 Å². The number of rotatable bonds is 4. The zero-order valence-electron chi connectivity index (χ0n) is 10.3. The summed E-state index contributed by atoms with van der Waals surface area (Å²) in [4.78, 5) is 6.19. The summed E-state index contributed by atoms with van der Waals surface area (Å²) in [6.45, 7) is 1.55. The van der Waals surface area contributed by atoms with Crippen molar-refractivity contribution in [1.82, 2.24) is 9.88 Å². The monoisotopic (exact) mass is 245 g/mol. The lowest BCUT2D eigenvalue weighted by Gasteiger charge is -2.16. The van der Waals surface area contributed by atoms with Gasteiger partial charge < -0.3 is 5.73 Å². The van der Waals surface area contributed by atoms with E-state index < -0.39 is 0 Å². The average molecular weight is 245 g/mol. The van der Waals surface area contributed by atoms with E-state index in [0.717, 1.165) is 24.2 Å². The molecule has 0 aliphatic carbocycles. The number of benzene rings is 1. The summed E-state index contributed by atoms with van der Waals surface area (Å²) in [5.74, 6) is 0.323. The maximum atomic E-state index is 12.8. The highest BCUT2D eigenvalue weighted by Crippen LogP contribution is 2.09. The van der Waals surface area contributed by atoms with Gasteiger partial charge in [0.25, 0.3) is 0 Å². The fourth-order valence-electron chi connectivity index (χ4n) is 1.80. The van der Waals surface area contributed by atoms with E-state index in [-0.39, 0.29) is 5.82 Å². The normalized spacial score (nSPS) is 10.8. The minimum absolute atomic E-state index is 0.205. The molecule has 0 unspecified atom stereocenters. The van der Waals surface area contributed by atoms with Gasteiger partial charge in [-0.2, -0.15) is 0 Å². The second-order valence-corrected chi connectivity index (χ2v) is 4.39. The molecule has 0 amide bonds. The van der Waals surface area contributed by atoms with Crippen LogP contribution in [0.25, 0.3) is 0 Å². The molecule has 0 radical (unpaired) electrons. The molecule has 1 aromatic carbocycles. The van der Waals surface area contributed by atoms with Crippen molar-refractivity contribution in [2.24, 2.45) is 0 Å². The van der Waals surface area contributed by atoms with Crippen LogP contribution in [-0.4, -0.2) is 16.9 Å². The van der Waals surface area contributed by atoms with Crippen molar-refractivity contribution < 1.29 is 4.39 Å². The third-order valence-corrected chi connectivity index (χ3v) is 2.67. The lowest BCUT2D eigenvalue weighted by molar-refractivity contribution is 0.318. The van der Waals surface area contributed by atoms with E-state index in [0.29, 0.717) is 5.82 Å². The smallest absolute Gasteiger partial charge is 0.123 e. The van der Waals surface area contributed by atoms with Crippen LogP contribution in [0.2, 0.25) is 0 Å². The predicted octanol–water partition coefficient (Wildman–Crippen LogP) is 2.43. The number of hydrogen-bond donors (Lipinski definition) is 1. The van der Waals surface area contributed by atoms with Gasteiger partial charge in [0, 0.05) is 19.3 Å². The molecule has 4 heteroatoms. The average Bonchev–Trinajstić information content (AvgIpc) is 2.35. The van der Waals surface area contributed by atoms with E-state index >= 15 is 0 Å². The molecule has 0 fully saturated rings. The number of anilines is 1. The molecule has 0 saturated heterocycles. The molecular weight excluding hydrogens is 229 g/mol. The van der Waals surface area contributed by atoms with E-state index in [1.54, 1.807) is 24.4 Å². The molecule has 0 aliphatic rings. The summed E-state index contributed by atoms with van der Waals surface area (Å²) >= 11 is 0. The second kappa shape index (κ2) is 5.60. The summed E-state index contributed by atoms with van der Waals surface area (Å²) < 4.78 is 12.8. The van der Waals surface area contributed by atoms with E-state index in [4.69, 9.17) is 5.73 Å². The molecule has 0 saturated carbocycles. The van der Waals surface area contributed by atoms with Crippen molar-refractivity contribution in [2.75, 3.05) is 12.8 Å². The number of pyridine rings is 1. The molecule has 1 heterocycles. The SMILES string of the molecule is CN(Cc1ccc(F)cc1)Cc1ccc(N)nc1. The van der Waals surface area contributed by atoms with Gasteiger partial charge in [-0.05, 0) is 36.4 Å². The van der Waals surface area contributed by atoms with Crippen molar-refractivity contribution in [2.45, 2.75) is 13.1 Å². The van der Waals surface area contributed by atoms with E-state index in [9.17, 15) is 4.39 Å². The highest BCUT2D eigenvalue weighted by atomic mass is 19.1. The summed E-state index contributed by atoms with van der Waals surface area (Å²) in [5, 5.41) is 0. The van der Waals surface area contributed by atoms with Gasteiger partial charge in [0.2, 0.25) is 0 Å². The molecule has 2 aromatic rings. The quantitative estimate of drug-likeness (QED) is 0.899. The van der Waals surface area contributed by atoms with Crippen molar-refractivity contribution in [3.05, 3.63) is 59.5 Å². The standard InChI is InChI=1S/C14H16FN3/c1-18(9-11-2-5-13(15)6-3-11)10-12-4-7-14(16)17-8-12/h2-8H,9-10H2,1H3,(H2,16,17). The summed E-state index contributed by atoms with van der Waals surface area (Å²) in [6, 6.07) is 10.3. The Balaban J connectivity index is 1.94. The van der Waals surface area contributed by atoms with Crippen molar-refractivity contribution in [3.8, 4) is 0 Å². The maximum absolute atomic E-state index is 12.8. The fraction of sp³-hybridized carbons (Fsp3) is 0.214. The molecule has 0 aliphatic heterocycles. The van der Waals surface area contributed by atoms with Crippen LogP contribution in [-0.2, 0) is 13.1 Å². The molecule has 2 N–H and O–H groups in total. The first-order chi connectivity index (χ1) is 8.63. The van der Waals surface area contributed by atoms with Gasteiger partial charge in [-0.25, -0.2) is 9.37 Å². The van der Waals surface area contributed by atoms with E-state index in [2.05, 4.69) is 9.88 Å². The molecule has 0 spiro atoms. The lowest BCUT2D eigenvalue weighted by Crippen LogP contribution is -2.17. The molecule has 94 valence electrons. The van der Waals surface area contributed by atoms with Crippen molar-refractivity contribution in [3.63, 3.8) is 0 Å². The largest absolute Gasteiger partial charge is 0.384 e. The number of nitrogen functional groups attached to an aromatic ring is 1. The zero-order chi connectivity index (χ0) is 13.0. The highest BCUT2D eigenvalue weighted by Gasteiger charge is 2.02. The topological polar surface area (TPSA) is 42.1 Å². The lowest BCUT2D eigenvalue weighted by atomic mass is 10.2. The van der Waals surface area contributed by atoms with E-state index in [1.807, 2.05) is 13.1 Å². The Morgan fingerprint density at radius 3 is 2.28 bits per heavy atom. The second-order valence-electron chi connectivity index (χ2n) is 4.39. The first-order valence-corrected chi connectivity index (χ1v) is 5.77. The molecular formula is C14H16FN3.